The van der Waals surface area contributed by atoms with Crippen LogP contribution in [0.15, 0.2) is 54.7 Å². The number of fused-ring (bicyclic) bond motifs is 1. The summed E-state index contributed by atoms with van der Waals surface area (Å²) in [6.07, 6.45) is 1.84. The molecule has 3 N–H and O–H groups in total. The average molecular weight is 363 g/mol. The third-order valence-corrected chi connectivity index (χ3v) is 4.02. The number of aromatic nitrogens is 2. The van der Waals surface area contributed by atoms with Crippen molar-refractivity contribution in [3.05, 3.63) is 60.3 Å². The maximum atomic E-state index is 12.5. The van der Waals surface area contributed by atoms with Crippen LogP contribution >= 0.6 is 0 Å². The predicted octanol–water partition coefficient (Wildman–Crippen LogP) is 2.75. The van der Waals surface area contributed by atoms with E-state index in [1.54, 1.807) is 47.1 Å². The summed E-state index contributed by atoms with van der Waals surface area (Å²) >= 11 is 0. The Morgan fingerprint density at radius 2 is 2.00 bits per heavy atom. The molecular formula is C19H17N5O3. The van der Waals surface area contributed by atoms with Crippen molar-refractivity contribution in [2.24, 2.45) is 7.05 Å². The standard InChI is InChI=1S/C19H17N5O3/c1-24-10-9-16(23-24)20-13-7-5-12(6-8-13)19(26)22-15-4-2-3-14-18(15)27-11-17(25)21-14/h2-10H,11H2,1H3,(H,20,23)(H,21,25)(H,22,26). The third kappa shape index (κ3) is 3.59. The molecule has 0 saturated carbocycles. The first kappa shape index (κ1) is 16.6. The lowest BCUT2D eigenvalue weighted by Crippen LogP contribution is -2.26. The smallest absolute Gasteiger partial charge is 0.262 e. The highest BCUT2D eigenvalue weighted by molar-refractivity contribution is 6.06. The van der Waals surface area contributed by atoms with Crippen LogP contribution in [0.4, 0.5) is 22.9 Å². The van der Waals surface area contributed by atoms with Crippen LogP contribution in [0.2, 0.25) is 0 Å². The van der Waals surface area contributed by atoms with E-state index in [-0.39, 0.29) is 18.4 Å². The van der Waals surface area contributed by atoms with Gasteiger partial charge in [-0.15, -0.1) is 0 Å². The third-order valence-electron chi connectivity index (χ3n) is 4.02. The van der Waals surface area contributed by atoms with Gasteiger partial charge >= 0.3 is 0 Å². The van der Waals surface area contributed by atoms with Crippen LogP contribution in [0.3, 0.4) is 0 Å². The lowest BCUT2D eigenvalue weighted by molar-refractivity contribution is -0.118. The largest absolute Gasteiger partial charge is 0.479 e. The molecule has 1 aromatic heterocycles. The molecule has 2 aromatic carbocycles. The van der Waals surface area contributed by atoms with Crippen LogP contribution in [0, 0.1) is 0 Å². The lowest BCUT2D eigenvalue weighted by atomic mass is 10.1. The van der Waals surface area contributed by atoms with Crippen LogP contribution < -0.4 is 20.7 Å². The normalized spacial score (nSPS) is 12.6. The van der Waals surface area contributed by atoms with Crippen LogP contribution in [-0.4, -0.2) is 28.2 Å². The number of anilines is 4. The van der Waals surface area contributed by atoms with Gasteiger partial charge in [0.25, 0.3) is 11.8 Å². The van der Waals surface area contributed by atoms with Crippen molar-refractivity contribution in [3.8, 4) is 5.75 Å². The fourth-order valence-electron chi connectivity index (χ4n) is 2.74. The Bertz CT molecular complexity index is 1010. The number of amides is 2. The Morgan fingerprint density at radius 3 is 2.74 bits per heavy atom. The zero-order valence-corrected chi connectivity index (χ0v) is 14.5. The van der Waals surface area contributed by atoms with Crippen molar-refractivity contribution < 1.29 is 14.3 Å². The van der Waals surface area contributed by atoms with E-state index < -0.39 is 0 Å². The van der Waals surface area contributed by atoms with Crippen molar-refractivity contribution in [1.82, 2.24) is 9.78 Å². The zero-order valence-electron chi connectivity index (χ0n) is 14.5. The summed E-state index contributed by atoms with van der Waals surface area (Å²) in [5, 5.41) is 12.9. The maximum absolute atomic E-state index is 12.5. The molecule has 0 radical (unpaired) electrons. The molecule has 0 spiro atoms. The number of benzene rings is 2. The summed E-state index contributed by atoms with van der Waals surface area (Å²) in [4.78, 5) is 24.0. The molecule has 136 valence electrons. The summed E-state index contributed by atoms with van der Waals surface area (Å²) in [7, 11) is 1.84. The first-order valence-electron chi connectivity index (χ1n) is 8.32. The fourth-order valence-corrected chi connectivity index (χ4v) is 2.74. The molecule has 0 aliphatic carbocycles. The van der Waals surface area contributed by atoms with Gasteiger partial charge in [-0.1, -0.05) is 6.07 Å². The molecule has 8 heteroatoms. The van der Waals surface area contributed by atoms with Gasteiger partial charge in [-0.05, 0) is 36.4 Å². The highest BCUT2D eigenvalue weighted by atomic mass is 16.5. The van der Waals surface area contributed by atoms with E-state index in [0.29, 0.717) is 22.7 Å². The Morgan fingerprint density at radius 1 is 1.19 bits per heavy atom. The number of nitrogens with zero attached hydrogens (tertiary/aromatic N) is 2. The lowest BCUT2D eigenvalue weighted by Gasteiger charge is -2.20. The predicted molar refractivity (Wildman–Crippen MR) is 101 cm³/mol. The maximum Gasteiger partial charge on any atom is 0.262 e. The number of nitrogens with one attached hydrogen (secondary N) is 3. The Balaban J connectivity index is 1.47. The number of para-hydroxylation sites is 1. The molecule has 27 heavy (non-hydrogen) atoms. The number of aryl methyl sites for hydroxylation is 1. The second-order valence-corrected chi connectivity index (χ2v) is 6.05. The molecule has 3 aromatic rings. The summed E-state index contributed by atoms with van der Waals surface area (Å²) in [5.74, 6) is 0.693. The van der Waals surface area contributed by atoms with E-state index in [0.717, 1.165) is 11.5 Å². The van der Waals surface area contributed by atoms with Gasteiger partial charge in [-0.2, -0.15) is 5.10 Å². The quantitative estimate of drug-likeness (QED) is 0.662. The van der Waals surface area contributed by atoms with E-state index >= 15 is 0 Å². The van der Waals surface area contributed by atoms with Crippen molar-refractivity contribution in [3.63, 3.8) is 0 Å². The second-order valence-electron chi connectivity index (χ2n) is 6.05. The molecule has 1 aliphatic rings. The minimum atomic E-state index is -0.270. The summed E-state index contributed by atoms with van der Waals surface area (Å²) in [6.45, 7) is -0.0756. The van der Waals surface area contributed by atoms with E-state index in [1.807, 2.05) is 19.3 Å². The summed E-state index contributed by atoms with van der Waals surface area (Å²) in [5.41, 5.74) is 2.37. The van der Waals surface area contributed by atoms with E-state index in [4.69, 9.17) is 4.74 Å². The van der Waals surface area contributed by atoms with Gasteiger partial charge in [0.15, 0.2) is 18.2 Å². The summed E-state index contributed by atoms with van der Waals surface area (Å²) < 4.78 is 7.15. The second kappa shape index (κ2) is 6.83. The number of hydrogen-bond acceptors (Lipinski definition) is 5. The van der Waals surface area contributed by atoms with E-state index in [9.17, 15) is 9.59 Å². The molecule has 0 bridgehead atoms. The molecule has 2 heterocycles. The van der Waals surface area contributed by atoms with Crippen LogP contribution in [0.5, 0.6) is 5.75 Å². The van der Waals surface area contributed by atoms with Gasteiger partial charge in [0.05, 0.1) is 11.4 Å². The van der Waals surface area contributed by atoms with Crippen LogP contribution in [0.1, 0.15) is 10.4 Å². The van der Waals surface area contributed by atoms with Gasteiger partial charge in [0, 0.05) is 30.6 Å². The van der Waals surface area contributed by atoms with Gasteiger partial charge in [-0.3, -0.25) is 14.3 Å². The first-order valence-corrected chi connectivity index (χ1v) is 8.32. The number of carbonyl (C=O) groups is 2. The van der Waals surface area contributed by atoms with Gasteiger partial charge in [-0.25, -0.2) is 0 Å². The SMILES string of the molecule is Cn1ccc(Nc2ccc(C(=O)Nc3cccc4c3OCC(=O)N4)cc2)n1. The van der Waals surface area contributed by atoms with Crippen molar-refractivity contribution in [2.75, 3.05) is 22.6 Å². The number of carbonyl (C=O) groups excluding carboxylic acids is 2. The van der Waals surface area contributed by atoms with Gasteiger partial charge in [0.1, 0.15) is 0 Å². The number of hydrogen-bond donors (Lipinski definition) is 3. The topological polar surface area (TPSA) is 97.3 Å². The minimum absolute atomic E-state index is 0.0756. The molecule has 1 aliphatic heterocycles. The summed E-state index contributed by atoms with van der Waals surface area (Å²) in [6, 6.07) is 14.1. The van der Waals surface area contributed by atoms with Crippen molar-refractivity contribution in [1.29, 1.82) is 0 Å². The molecular weight excluding hydrogens is 346 g/mol. The zero-order chi connectivity index (χ0) is 18.8. The number of rotatable bonds is 4. The Kier molecular flexibility index (Phi) is 4.21. The molecule has 0 fully saturated rings. The number of ether oxygens (including phenoxy) is 1. The molecule has 0 unspecified atom stereocenters. The molecule has 0 atom stereocenters. The van der Waals surface area contributed by atoms with Crippen LogP contribution in [0.25, 0.3) is 0 Å². The van der Waals surface area contributed by atoms with Crippen LogP contribution in [-0.2, 0) is 11.8 Å². The Labute approximate surface area is 155 Å². The van der Waals surface area contributed by atoms with Gasteiger partial charge < -0.3 is 20.7 Å². The molecule has 8 nitrogen and oxygen atoms in total. The highest BCUT2D eigenvalue weighted by Crippen LogP contribution is 2.35. The molecule has 2 amide bonds. The Hall–Kier alpha value is -3.81. The monoisotopic (exact) mass is 363 g/mol. The first-order chi connectivity index (χ1) is 13.1. The van der Waals surface area contributed by atoms with Crippen molar-refractivity contribution in [2.45, 2.75) is 0 Å². The van der Waals surface area contributed by atoms with E-state index in [1.165, 1.54) is 0 Å². The van der Waals surface area contributed by atoms with Gasteiger partial charge in [0.2, 0.25) is 0 Å². The highest BCUT2D eigenvalue weighted by Gasteiger charge is 2.20. The average Bonchev–Trinajstić information content (AvgIpc) is 3.07. The molecule has 0 saturated heterocycles. The molecule has 4 rings (SSSR count). The van der Waals surface area contributed by atoms with E-state index in [2.05, 4.69) is 21.0 Å². The minimum Gasteiger partial charge on any atom is -0.479 e. The van der Waals surface area contributed by atoms with Crippen molar-refractivity contribution >= 4 is 34.7 Å². The fraction of sp³-hybridized carbons (Fsp3) is 0.105.